The number of nitrogens with one attached hydrogen (secondary N) is 1. The van der Waals surface area contributed by atoms with Gasteiger partial charge in [0.25, 0.3) is 11.8 Å². The average molecular weight is 384 g/mol. The van der Waals surface area contributed by atoms with Crippen LogP contribution in [0.3, 0.4) is 0 Å². The molecule has 2 aliphatic rings. The molecule has 3 atom stereocenters. The molecule has 8 nitrogen and oxygen atoms in total. The summed E-state index contributed by atoms with van der Waals surface area (Å²) in [6, 6.07) is 6.89. The van der Waals surface area contributed by atoms with Gasteiger partial charge >= 0.3 is 5.97 Å². The summed E-state index contributed by atoms with van der Waals surface area (Å²) in [6.07, 6.45) is 0. The van der Waals surface area contributed by atoms with Crippen molar-refractivity contribution in [2.75, 3.05) is 5.75 Å². The van der Waals surface area contributed by atoms with Crippen molar-refractivity contribution in [1.29, 1.82) is 0 Å². The molecule has 0 radical (unpaired) electrons. The first-order chi connectivity index (χ1) is 11.7. The summed E-state index contributed by atoms with van der Waals surface area (Å²) in [5, 5.41) is 21.3. The van der Waals surface area contributed by atoms with Crippen molar-refractivity contribution < 1.29 is 24.6 Å². The predicted octanol–water partition coefficient (Wildman–Crippen LogP) is -0.275. The molecule has 132 valence electrons. The Morgan fingerprint density at radius 3 is 2.60 bits per heavy atom. The fourth-order valence-electron chi connectivity index (χ4n) is 2.66. The highest BCUT2D eigenvalue weighted by Crippen LogP contribution is 2.41. The number of hydrogen-bond donors (Lipinski definition) is 4. The Labute approximate surface area is 151 Å². The molecule has 2 aliphatic heterocycles. The maximum Gasteiger partial charge on any atom is 0.353 e. The van der Waals surface area contributed by atoms with Crippen LogP contribution in [0.4, 0.5) is 0 Å². The minimum absolute atomic E-state index is 0.0616. The van der Waals surface area contributed by atoms with Gasteiger partial charge in [-0.1, -0.05) is 41.9 Å². The Morgan fingerprint density at radius 2 is 2.00 bits per heavy atom. The van der Waals surface area contributed by atoms with Gasteiger partial charge in [0.05, 0.1) is 5.03 Å². The molecule has 0 aliphatic carbocycles. The number of fused-ring (bicyclic) bond motifs is 1. The van der Waals surface area contributed by atoms with E-state index in [1.54, 1.807) is 18.2 Å². The molecular weight excluding hydrogens is 370 g/mol. The van der Waals surface area contributed by atoms with Crippen LogP contribution in [0, 0.1) is 0 Å². The van der Waals surface area contributed by atoms with E-state index < -0.39 is 34.9 Å². The summed E-state index contributed by atoms with van der Waals surface area (Å²) in [4.78, 5) is 36.9. The fraction of sp³-hybridized carbons (Fsp3) is 0.267. The van der Waals surface area contributed by atoms with Crippen LogP contribution in [0.15, 0.2) is 41.1 Å². The van der Waals surface area contributed by atoms with E-state index in [1.165, 1.54) is 23.9 Å². The lowest BCUT2D eigenvalue weighted by Crippen LogP contribution is -2.72. The van der Waals surface area contributed by atoms with Crippen LogP contribution >= 0.6 is 23.4 Å². The van der Waals surface area contributed by atoms with E-state index in [4.69, 9.17) is 17.3 Å². The van der Waals surface area contributed by atoms with Gasteiger partial charge in [0.2, 0.25) is 5.72 Å². The third-order valence-corrected chi connectivity index (χ3v) is 5.72. The van der Waals surface area contributed by atoms with Crippen molar-refractivity contribution in [3.63, 3.8) is 0 Å². The molecule has 5 N–H and O–H groups in total. The number of aliphatic carboxylic acids is 1. The van der Waals surface area contributed by atoms with Crippen LogP contribution in [0.2, 0.25) is 0 Å². The van der Waals surface area contributed by atoms with Crippen LogP contribution < -0.4 is 11.1 Å². The molecule has 0 aromatic heterocycles. The van der Waals surface area contributed by atoms with Crippen molar-refractivity contribution in [2.24, 2.45) is 5.73 Å². The number of halogens is 1. The number of carbonyl (C=O) groups excluding carboxylic acids is 2. The highest BCUT2D eigenvalue weighted by atomic mass is 35.5. The summed E-state index contributed by atoms with van der Waals surface area (Å²) >= 11 is 7.10. The van der Waals surface area contributed by atoms with Crippen LogP contribution in [-0.2, 0) is 20.1 Å². The molecule has 0 spiro atoms. The summed E-state index contributed by atoms with van der Waals surface area (Å²) in [5.41, 5.74) is 3.27. The summed E-state index contributed by atoms with van der Waals surface area (Å²) in [6.45, 7) is 0. The van der Waals surface area contributed by atoms with Gasteiger partial charge in [0.1, 0.15) is 17.1 Å². The predicted molar refractivity (Wildman–Crippen MR) is 90.1 cm³/mol. The van der Waals surface area contributed by atoms with E-state index >= 15 is 0 Å². The second kappa shape index (κ2) is 6.34. The molecule has 1 aromatic rings. The Balaban J connectivity index is 1.77. The Morgan fingerprint density at radius 1 is 1.36 bits per heavy atom. The van der Waals surface area contributed by atoms with Crippen LogP contribution in [0.25, 0.3) is 0 Å². The lowest BCUT2D eigenvalue weighted by atomic mass is 10.00. The summed E-state index contributed by atoms with van der Waals surface area (Å²) in [7, 11) is 0. The molecule has 1 aromatic carbocycles. The fourth-order valence-corrected chi connectivity index (χ4v) is 4.21. The number of β-lactam (4-membered cyclic amide) rings is 1. The smallest absolute Gasteiger partial charge is 0.353 e. The van der Waals surface area contributed by atoms with Gasteiger partial charge in [0.15, 0.2) is 0 Å². The standard InChI is InChI=1S/C15H14ClN3O5S/c16-8-6-25-12-9(11(20)19(12)10(8)13(21)22)18-14(23)15(17,24)7-4-2-1-3-5-7/h1-5,9,12,24H,6,17H2,(H,18,23)(H,21,22)/t9-,12-,15+/m1/s1. The number of nitrogens with two attached hydrogens (primary N) is 1. The molecular formula is C15H14ClN3O5S. The lowest BCUT2D eigenvalue weighted by Gasteiger charge is -2.49. The Kier molecular flexibility index (Phi) is 4.50. The van der Waals surface area contributed by atoms with Gasteiger partial charge in [-0.3, -0.25) is 20.2 Å². The number of thioether (sulfide) groups is 1. The highest BCUT2D eigenvalue weighted by molar-refractivity contribution is 8.00. The molecule has 10 heteroatoms. The third-order valence-electron chi connectivity index (χ3n) is 3.97. The van der Waals surface area contributed by atoms with Crippen LogP contribution in [0.5, 0.6) is 0 Å². The third kappa shape index (κ3) is 2.89. The van der Waals surface area contributed by atoms with Gasteiger partial charge in [-0.05, 0) is 0 Å². The molecule has 0 unspecified atom stereocenters. The zero-order chi connectivity index (χ0) is 18.4. The summed E-state index contributed by atoms with van der Waals surface area (Å²) < 4.78 is 0. The Hall–Kier alpha value is -2.07. The summed E-state index contributed by atoms with van der Waals surface area (Å²) in [5.74, 6) is -2.68. The number of amides is 2. The van der Waals surface area contributed by atoms with E-state index in [-0.39, 0.29) is 22.0 Å². The van der Waals surface area contributed by atoms with Gasteiger partial charge in [-0.15, -0.1) is 11.8 Å². The second-order valence-electron chi connectivity index (χ2n) is 5.55. The van der Waals surface area contributed by atoms with Crippen LogP contribution in [-0.4, -0.2) is 50.1 Å². The maximum absolute atomic E-state index is 12.3. The SMILES string of the molecule is N[C@@](O)(C(=O)N[C@@H]1C(=O)N2C(C(=O)O)=C(Cl)CS[C@H]12)c1ccccc1. The normalized spacial score (nSPS) is 24.9. The van der Waals surface area contributed by atoms with E-state index in [1.807, 2.05) is 0 Å². The highest BCUT2D eigenvalue weighted by Gasteiger charge is 2.55. The van der Waals surface area contributed by atoms with Crippen molar-refractivity contribution in [1.82, 2.24) is 10.2 Å². The Bertz CT molecular complexity index is 783. The van der Waals surface area contributed by atoms with E-state index in [2.05, 4.69) is 5.32 Å². The van der Waals surface area contributed by atoms with E-state index in [0.717, 1.165) is 4.90 Å². The number of carboxylic acid groups (broad SMARTS) is 1. The van der Waals surface area contributed by atoms with E-state index in [0.29, 0.717) is 0 Å². The molecule has 1 fully saturated rings. The molecule has 2 amide bonds. The second-order valence-corrected chi connectivity index (χ2v) is 7.11. The number of nitrogens with zero attached hydrogens (tertiary/aromatic N) is 1. The maximum atomic E-state index is 12.3. The van der Waals surface area contributed by atoms with Gasteiger partial charge < -0.3 is 15.5 Å². The molecule has 2 heterocycles. The number of rotatable bonds is 4. The van der Waals surface area contributed by atoms with Crippen LogP contribution in [0.1, 0.15) is 5.56 Å². The van der Waals surface area contributed by atoms with Crippen molar-refractivity contribution in [2.45, 2.75) is 17.1 Å². The monoisotopic (exact) mass is 383 g/mol. The van der Waals surface area contributed by atoms with Crippen molar-refractivity contribution >= 4 is 41.1 Å². The number of hydrogen-bond acceptors (Lipinski definition) is 6. The van der Waals surface area contributed by atoms with Crippen molar-refractivity contribution in [3.05, 3.63) is 46.6 Å². The van der Waals surface area contributed by atoms with E-state index in [9.17, 15) is 24.6 Å². The first-order valence-corrected chi connectivity index (χ1v) is 8.62. The lowest BCUT2D eigenvalue weighted by molar-refractivity contribution is -0.154. The molecule has 3 rings (SSSR count). The zero-order valence-electron chi connectivity index (χ0n) is 12.7. The van der Waals surface area contributed by atoms with Gasteiger partial charge in [-0.2, -0.15) is 0 Å². The quantitative estimate of drug-likeness (QED) is 0.415. The minimum atomic E-state index is -2.32. The average Bonchev–Trinajstić information content (AvgIpc) is 2.59. The molecule has 0 saturated carbocycles. The zero-order valence-corrected chi connectivity index (χ0v) is 14.3. The molecule has 0 bridgehead atoms. The topological polar surface area (TPSA) is 133 Å². The van der Waals surface area contributed by atoms with Gasteiger partial charge in [-0.25, -0.2) is 4.79 Å². The number of benzene rings is 1. The molecule has 1 saturated heterocycles. The minimum Gasteiger partial charge on any atom is -0.477 e. The van der Waals surface area contributed by atoms with Gasteiger partial charge in [0, 0.05) is 11.3 Å². The number of aliphatic hydroxyl groups is 1. The number of carboxylic acids is 1. The molecule has 25 heavy (non-hydrogen) atoms. The van der Waals surface area contributed by atoms with Crippen molar-refractivity contribution in [3.8, 4) is 0 Å². The number of carbonyl (C=O) groups is 3. The first-order valence-electron chi connectivity index (χ1n) is 7.19. The largest absolute Gasteiger partial charge is 0.477 e. The first kappa shape index (κ1) is 17.7.